The molecule has 2 unspecified atom stereocenters. The van der Waals surface area contributed by atoms with E-state index in [1.165, 1.54) is 0 Å². The predicted molar refractivity (Wildman–Crippen MR) is 91.8 cm³/mol. The zero-order valence-electron chi connectivity index (χ0n) is 14.5. The molecule has 0 aliphatic heterocycles. The highest BCUT2D eigenvalue weighted by Gasteiger charge is 2.31. The molecule has 1 fully saturated rings. The average Bonchev–Trinajstić information content (AvgIpc) is 3.09. The SMILES string of the molecule is CC(C)(C)c1cccc(C(=O)NC2CCCCC2c2nn[nH]n2)c1. The maximum Gasteiger partial charge on any atom is 0.251 e. The third-order valence-electron chi connectivity index (χ3n) is 4.77. The van der Waals surface area contributed by atoms with Crippen LogP contribution in [0, 0.1) is 0 Å². The second kappa shape index (κ2) is 6.71. The molecule has 1 aromatic carbocycles. The maximum atomic E-state index is 12.7. The Morgan fingerprint density at radius 1 is 1.25 bits per heavy atom. The Morgan fingerprint density at radius 2 is 2.04 bits per heavy atom. The fourth-order valence-electron chi connectivity index (χ4n) is 3.32. The van der Waals surface area contributed by atoms with E-state index in [9.17, 15) is 4.79 Å². The molecule has 1 aliphatic carbocycles. The van der Waals surface area contributed by atoms with Gasteiger partial charge in [-0.3, -0.25) is 4.79 Å². The molecule has 0 bridgehead atoms. The van der Waals surface area contributed by atoms with E-state index in [1.807, 2.05) is 18.2 Å². The van der Waals surface area contributed by atoms with E-state index in [2.05, 4.69) is 52.8 Å². The zero-order valence-corrected chi connectivity index (χ0v) is 14.5. The Labute approximate surface area is 142 Å². The van der Waals surface area contributed by atoms with Crippen molar-refractivity contribution in [2.75, 3.05) is 0 Å². The van der Waals surface area contributed by atoms with Crippen molar-refractivity contribution in [1.29, 1.82) is 0 Å². The summed E-state index contributed by atoms with van der Waals surface area (Å²) < 4.78 is 0. The number of benzene rings is 1. The molecule has 0 radical (unpaired) electrons. The summed E-state index contributed by atoms with van der Waals surface area (Å²) >= 11 is 0. The van der Waals surface area contributed by atoms with Gasteiger partial charge in [0.05, 0.1) is 0 Å². The van der Waals surface area contributed by atoms with Crippen LogP contribution in [-0.4, -0.2) is 32.6 Å². The van der Waals surface area contributed by atoms with Gasteiger partial charge in [-0.15, -0.1) is 10.2 Å². The molecule has 1 aliphatic rings. The number of aromatic nitrogens is 4. The monoisotopic (exact) mass is 327 g/mol. The molecule has 1 aromatic heterocycles. The highest BCUT2D eigenvalue weighted by molar-refractivity contribution is 5.94. The number of carbonyl (C=O) groups is 1. The summed E-state index contributed by atoms with van der Waals surface area (Å²) in [7, 11) is 0. The Morgan fingerprint density at radius 3 is 2.75 bits per heavy atom. The summed E-state index contributed by atoms with van der Waals surface area (Å²) in [6.07, 6.45) is 4.17. The topological polar surface area (TPSA) is 83.6 Å². The van der Waals surface area contributed by atoms with Crippen LogP contribution in [0.4, 0.5) is 0 Å². The van der Waals surface area contributed by atoms with Crippen molar-refractivity contribution in [3.05, 3.63) is 41.2 Å². The number of hydrogen-bond acceptors (Lipinski definition) is 4. The lowest BCUT2D eigenvalue weighted by Gasteiger charge is -2.30. The van der Waals surface area contributed by atoms with Crippen molar-refractivity contribution >= 4 is 5.91 Å². The predicted octanol–water partition coefficient (Wildman–Crippen LogP) is 2.95. The number of aromatic amines is 1. The van der Waals surface area contributed by atoms with E-state index < -0.39 is 0 Å². The Kier molecular flexibility index (Phi) is 4.64. The first-order valence-corrected chi connectivity index (χ1v) is 8.60. The fraction of sp³-hybridized carbons (Fsp3) is 0.556. The molecule has 3 rings (SSSR count). The van der Waals surface area contributed by atoms with Crippen LogP contribution >= 0.6 is 0 Å². The standard InChI is InChI=1S/C18H25N5O/c1-18(2,3)13-8-6-7-12(11-13)17(24)19-15-10-5-4-9-14(15)16-20-22-23-21-16/h6-8,11,14-15H,4-5,9-10H2,1-3H3,(H,19,24)(H,20,21,22,23). The zero-order chi connectivity index (χ0) is 17.2. The number of amides is 1. The normalized spacial score (nSPS) is 21.5. The molecule has 128 valence electrons. The molecule has 2 N–H and O–H groups in total. The summed E-state index contributed by atoms with van der Waals surface area (Å²) in [5.41, 5.74) is 1.89. The largest absolute Gasteiger partial charge is 0.349 e. The quantitative estimate of drug-likeness (QED) is 0.908. The minimum Gasteiger partial charge on any atom is -0.349 e. The molecule has 0 saturated heterocycles. The summed E-state index contributed by atoms with van der Waals surface area (Å²) in [4.78, 5) is 12.7. The minimum absolute atomic E-state index is 0.0221. The average molecular weight is 327 g/mol. The summed E-state index contributed by atoms with van der Waals surface area (Å²) in [5, 5.41) is 17.6. The fourth-order valence-corrected chi connectivity index (χ4v) is 3.32. The molecule has 6 heteroatoms. The molecule has 1 heterocycles. The lowest BCUT2D eigenvalue weighted by atomic mass is 9.83. The van der Waals surface area contributed by atoms with Crippen molar-refractivity contribution in [1.82, 2.24) is 25.9 Å². The van der Waals surface area contributed by atoms with E-state index in [0.29, 0.717) is 11.4 Å². The van der Waals surface area contributed by atoms with E-state index >= 15 is 0 Å². The Balaban J connectivity index is 1.76. The van der Waals surface area contributed by atoms with Crippen molar-refractivity contribution < 1.29 is 4.79 Å². The van der Waals surface area contributed by atoms with Crippen LogP contribution in [-0.2, 0) is 5.41 Å². The van der Waals surface area contributed by atoms with Crippen LogP contribution in [0.5, 0.6) is 0 Å². The van der Waals surface area contributed by atoms with Gasteiger partial charge < -0.3 is 5.32 Å². The van der Waals surface area contributed by atoms with Gasteiger partial charge in [-0.05, 0) is 36.0 Å². The van der Waals surface area contributed by atoms with E-state index in [1.54, 1.807) is 0 Å². The van der Waals surface area contributed by atoms with Crippen LogP contribution in [0.25, 0.3) is 0 Å². The van der Waals surface area contributed by atoms with Crippen LogP contribution in [0.1, 0.15) is 74.1 Å². The van der Waals surface area contributed by atoms with E-state index in [0.717, 1.165) is 31.2 Å². The molecular formula is C18H25N5O. The molecule has 2 aromatic rings. The van der Waals surface area contributed by atoms with Crippen molar-refractivity contribution in [2.24, 2.45) is 0 Å². The maximum absolute atomic E-state index is 12.7. The first-order valence-electron chi connectivity index (χ1n) is 8.60. The summed E-state index contributed by atoms with van der Waals surface area (Å²) in [6.45, 7) is 6.45. The van der Waals surface area contributed by atoms with Gasteiger partial charge in [-0.1, -0.05) is 51.0 Å². The molecule has 1 amide bonds. The van der Waals surface area contributed by atoms with Gasteiger partial charge in [0.15, 0.2) is 5.82 Å². The molecule has 0 spiro atoms. The van der Waals surface area contributed by atoms with Crippen LogP contribution in [0.3, 0.4) is 0 Å². The number of nitrogens with zero attached hydrogens (tertiary/aromatic N) is 3. The summed E-state index contributed by atoms with van der Waals surface area (Å²) in [5.74, 6) is 0.803. The van der Waals surface area contributed by atoms with Crippen LogP contribution in [0.15, 0.2) is 24.3 Å². The van der Waals surface area contributed by atoms with Gasteiger partial charge in [0.1, 0.15) is 0 Å². The summed E-state index contributed by atoms with van der Waals surface area (Å²) in [6, 6.07) is 7.94. The van der Waals surface area contributed by atoms with Gasteiger partial charge >= 0.3 is 0 Å². The van der Waals surface area contributed by atoms with E-state index in [-0.39, 0.29) is 23.3 Å². The molecule has 1 saturated carbocycles. The number of hydrogen-bond donors (Lipinski definition) is 2. The molecule has 24 heavy (non-hydrogen) atoms. The highest BCUT2D eigenvalue weighted by atomic mass is 16.1. The van der Waals surface area contributed by atoms with Gasteiger partial charge in [0.2, 0.25) is 0 Å². The number of rotatable bonds is 3. The lowest BCUT2D eigenvalue weighted by Crippen LogP contribution is -2.41. The second-order valence-electron chi connectivity index (χ2n) is 7.57. The molecule has 6 nitrogen and oxygen atoms in total. The third-order valence-corrected chi connectivity index (χ3v) is 4.77. The van der Waals surface area contributed by atoms with Crippen molar-refractivity contribution in [2.45, 2.75) is 63.8 Å². The van der Waals surface area contributed by atoms with Gasteiger partial charge in [-0.2, -0.15) is 5.21 Å². The number of nitrogens with one attached hydrogen (secondary N) is 2. The van der Waals surface area contributed by atoms with E-state index in [4.69, 9.17) is 0 Å². The third kappa shape index (κ3) is 3.63. The second-order valence-corrected chi connectivity index (χ2v) is 7.57. The van der Waals surface area contributed by atoms with Gasteiger partial charge in [0, 0.05) is 17.5 Å². The molecule has 2 atom stereocenters. The minimum atomic E-state index is -0.0264. The first-order chi connectivity index (χ1) is 11.4. The number of carbonyl (C=O) groups excluding carboxylic acids is 1. The van der Waals surface area contributed by atoms with Crippen molar-refractivity contribution in [3.8, 4) is 0 Å². The first kappa shape index (κ1) is 16.6. The van der Waals surface area contributed by atoms with Crippen LogP contribution in [0.2, 0.25) is 0 Å². The molecular weight excluding hydrogens is 302 g/mol. The highest BCUT2D eigenvalue weighted by Crippen LogP contribution is 2.31. The van der Waals surface area contributed by atoms with Crippen molar-refractivity contribution in [3.63, 3.8) is 0 Å². The Hall–Kier alpha value is -2.24. The smallest absolute Gasteiger partial charge is 0.251 e. The number of tetrazole rings is 1. The van der Waals surface area contributed by atoms with Crippen LogP contribution < -0.4 is 5.32 Å². The van der Waals surface area contributed by atoms with Gasteiger partial charge in [-0.25, -0.2) is 0 Å². The van der Waals surface area contributed by atoms with Gasteiger partial charge in [0.25, 0.3) is 5.91 Å². The lowest BCUT2D eigenvalue weighted by molar-refractivity contribution is 0.0919. The number of H-pyrrole nitrogens is 1. The Bertz CT molecular complexity index is 690.